The first-order chi connectivity index (χ1) is 8.75. The van der Waals surface area contributed by atoms with Gasteiger partial charge in [0.2, 0.25) is 5.89 Å². The van der Waals surface area contributed by atoms with Crippen molar-refractivity contribution in [2.24, 2.45) is 0 Å². The minimum absolute atomic E-state index is 0.606. The predicted molar refractivity (Wildman–Crippen MR) is 68.9 cm³/mol. The van der Waals surface area contributed by atoms with Crippen LogP contribution in [-0.4, -0.2) is 30.8 Å². The third-order valence-corrected chi connectivity index (χ3v) is 2.40. The summed E-state index contributed by atoms with van der Waals surface area (Å²) in [5.74, 6) is 2.14. The van der Waals surface area contributed by atoms with E-state index in [0.717, 1.165) is 18.6 Å². The van der Waals surface area contributed by atoms with Crippen LogP contribution < -0.4 is 9.64 Å². The third kappa shape index (κ3) is 3.48. The maximum atomic E-state index is 5.58. The maximum Gasteiger partial charge on any atom is 0.265 e. The molecule has 2 rings (SSSR count). The summed E-state index contributed by atoms with van der Waals surface area (Å²) in [4.78, 5) is 6.06. The Bertz CT molecular complexity index is 468. The summed E-state index contributed by atoms with van der Waals surface area (Å²) in [6, 6.07) is 9.76. The number of nitrogens with zero attached hydrogens (tertiary/aromatic N) is 3. The van der Waals surface area contributed by atoms with Gasteiger partial charge in [0.25, 0.3) is 5.95 Å². The molecule has 1 aromatic heterocycles. The molecular weight excluding hydrogens is 230 g/mol. The summed E-state index contributed by atoms with van der Waals surface area (Å²) < 4.78 is 10.7. The van der Waals surface area contributed by atoms with Crippen LogP contribution in [0.2, 0.25) is 0 Å². The number of para-hydroxylation sites is 1. The minimum atomic E-state index is 0.606. The van der Waals surface area contributed by atoms with Gasteiger partial charge in [0.05, 0.1) is 6.61 Å². The van der Waals surface area contributed by atoms with Crippen LogP contribution in [0.1, 0.15) is 12.3 Å². The van der Waals surface area contributed by atoms with Crippen LogP contribution in [0.4, 0.5) is 5.95 Å². The van der Waals surface area contributed by atoms with Crippen molar-refractivity contribution in [1.29, 1.82) is 0 Å². The highest BCUT2D eigenvalue weighted by Gasteiger charge is 2.07. The summed E-state index contributed by atoms with van der Waals surface area (Å²) in [5.41, 5.74) is 0. The fourth-order valence-corrected chi connectivity index (χ4v) is 1.46. The summed E-state index contributed by atoms with van der Waals surface area (Å²) in [6.45, 7) is 0.643. The van der Waals surface area contributed by atoms with E-state index in [0.29, 0.717) is 18.4 Å². The molecule has 0 aliphatic rings. The molecule has 0 fully saturated rings. The van der Waals surface area contributed by atoms with Crippen molar-refractivity contribution in [3.05, 3.63) is 36.2 Å². The molecule has 0 aliphatic carbocycles. The molecule has 5 heteroatoms. The predicted octanol–water partition coefficient (Wildman–Crippen LogP) is 2.15. The lowest BCUT2D eigenvalue weighted by Gasteiger charge is -2.04. The zero-order valence-electron chi connectivity index (χ0n) is 10.7. The van der Waals surface area contributed by atoms with Gasteiger partial charge in [0, 0.05) is 20.5 Å². The Kier molecular flexibility index (Phi) is 4.17. The van der Waals surface area contributed by atoms with Crippen molar-refractivity contribution < 1.29 is 9.26 Å². The Morgan fingerprint density at radius 1 is 1.22 bits per heavy atom. The van der Waals surface area contributed by atoms with Gasteiger partial charge < -0.3 is 14.2 Å². The zero-order valence-corrected chi connectivity index (χ0v) is 10.7. The number of hydrogen-bond acceptors (Lipinski definition) is 5. The Hall–Kier alpha value is -2.04. The van der Waals surface area contributed by atoms with Gasteiger partial charge in [-0.15, -0.1) is 0 Å². The van der Waals surface area contributed by atoms with Crippen LogP contribution in [0.5, 0.6) is 5.75 Å². The second-order valence-corrected chi connectivity index (χ2v) is 4.15. The molecule has 1 heterocycles. The number of aromatic nitrogens is 2. The SMILES string of the molecule is CN(C)c1noc(CCCOc2ccccc2)n1. The molecular formula is C13H17N3O2. The molecule has 0 saturated carbocycles. The van der Waals surface area contributed by atoms with Gasteiger partial charge in [-0.05, 0) is 23.7 Å². The molecule has 0 spiro atoms. The van der Waals surface area contributed by atoms with Gasteiger partial charge in [-0.25, -0.2) is 0 Å². The number of ether oxygens (including phenoxy) is 1. The molecule has 0 aliphatic heterocycles. The average molecular weight is 247 g/mol. The Morgan fingerprint density at radius 3 is 2.67 bits per heavy atom. The second kappa shape index (κ2) is 6.05. The molecule has 1 aromatic carbocycles. The van der Waals surface area contributed by atoms with Gasteiger partial charge in [0.15, 0.2) is 0 Å². The Morgan fingerprint density at radius 2 is 2.00 bits per heavy atom. The van der Waals surface area contributed by atoms with Crippen LogP contribution in [0, 0.1) is 0 Å². The molecule has 0 bridgehead atoms. The third-order valence-electron chi connectivity index (χ3n) is 2.40. The van der Waals surface area contributed by atoms with E-state index in [1.54, 1.807) is 0 Å². The van der Waals surface area contributed by atoms with Crippen LogP contribution in [0.15, 0.2) is 34.9 Å². The highest BCUT2D eigenvalue weighted by molar-refractivity contribution is 5.23. The fourth-order valence-electron chi connectivity index (χ4n) is 1.46. The molecule has 96 valence electrons. The zero-order chi connectivity index (χ0) is 12.8. The lowest BCUT2D eigenvalue weighted by Crippen LogP contribution is -2.10. The van der Waals surface area contributed by atoms with E-state index in [1.807, 2.05) is 49.3 Å². The van der Waals surface area contributed by atoms with Gasteiger partial charge in [-0.3, -0.25) is 0 Å². The Labute approximate surface area is 106 Å². The number of aryl methyl sites for hydroxylation is 1. The topological polar surface area (TPSA) is 51.4 Å². The monoisotopic (exact) mass is 247 g/mol. The first-order valence-electron chi connectivity index (χ1n) is 5.93. The summed E-state index contributed by atoms with van der Waals surface area (Å²) in [6.07, 6.45) is 1.58. The first-order valence-corrected chi connectivity index (χ1v) is 5.93. The van der Waals surface area contributed by atoms with E-state index >= 15 is 0 Å². The lowest BCUT2D eigenvalue weighted by molar-refractivity contribution is 0.298. The van der Waals surface area contributed by atoms with E-state index in [1.165, 1.54) is 0 Å². The van der Waals surface area contributed by atoms with Gasteiger partial charge in [-0.2, -0.15) is 4.98 Å². The van der Waals surface area contributed by atoms with E-state index in [2.05, 4.69) is 10.1 Å². The van der Waals surface area contributed by atoms with Crippen molar-refractivity contribution in [3.63, 3.8) is 0 Å². The standard InChI is InChI=1S/C13H17N3O2/c1-16(2)13-14-12(18-15-13)9-6-10-17-11-7-4-3-5-8-11/h3-5,7-8H,6,9-10H2,1-2H3. The molecule has 0 atom stereocenters. The molecule has 0 unspecified atom stereocenters. The summed E-state index contributed by atoms with van der Waals surface area (Å²) in [7, 11) is 3.76. The fraction of sp³-hybridized carbons (Fsp3) is 0.385. The van der Waals surface area contributed by atoms with Crippen LogP contribution in [0.3, 0.4) is 0 Å². The number of benzene rings is 1. The maximum absolute atomic E-state index is 5.58. The van der Waals surface area contributed by atoms with Crippen LogP contribution in [0.25, 0.3) is 0 Å². The van der Waals surface area contributed by atoms with E-state index < -0.39 is 0 Å². The highest BCUT2D eigenvalue weighted by atomic mass is 16.5. The van der Waals surface area contributed by atoms with Gasteiger partial charge in [0.1, 0.15) is 5.75 Å². The lowest BCUT2D eigenvalue weighted by atomic mass is 10.3. The van der Waals surface area contributed by atoms with Crippen molar-refractivity contribution in [3.8, 4) is 5.75 Å². The smallest absolute Gasteiger partial charge is 0.265 e. The normalized spacial score (nSPS) is 10.3. The van der Waals surface area contributed by atoms with Crippen molar-refractivity contribution in [2.75, 3.05) is 25.6 Å². The number of rotatable bonds is 6. The van der Waals surface area contributed by atoms with Crippen molar-refractivity contribution >= 4 is 5.95 Å². The van der Waals surface area contributed by atoms with Crippen LogP contribution in [-0.2, 0) is 6.42 Å². The second-order valence-electron chi connectivity index (χ2n) is 4.15. The highest BCUT2D eigenvalue weighted by Crippen LogP contribution is 2.10. The summed E-state index contributed by atoms with van der Waals surface area (Å²) >= 11 is 0. The molecule has 0 saturated heterocycles. The van der Waals surface area contributed by atoms with Crippen molar-refractivity contribution in [1.82, 2.24) is 10.1 Å². The summed E-state index contributed by atoms with van der Waals surface area (Å²) in [5, 5.41) is 3.85. The molecule has 0 radical (unpaired) electrons. The molecule has 0 amide bonds. The number of hydrogen-bond donors (Lipinski definition) is 0. The molecule has 2 aromatic rings. The molecule has 5 nitrogen and oxygen atoms in total. The average Bonchev–Trinajstić information content (AvgIpc) is 2.85. The largest absolute Gasteiger partial charge is 0.494 e. The van der Waals surface area contributed by atoms with Gasteiger partial charge in [-0.1, -0.05) is 18.2 Å². The van der Waals surface area contributed by atoms with Gasteiger partial charge >= 0.3 is 0 Å². The van der Waals surface area contributed by atoms with E-state index in [-0.39, 0.29) is 0 Å². The minimum Gasteiger partial charge on any atom is -0.494 e. The quantitative estimate of drug-likeness (QED) is 0.732. The Balaban J connectivity index is 1.72. The van der Waals surface area contributed by atoms with E-state index in [9.17, 15) is 0 Å². The first kappa shape index (κ1) is 12.4. The molecule has 0 N–H and O–H groups in total. The molecule has 18 heavy (non-hydrogen) atoms. The number of anilines is 1. The van der Waals surface area contributed by atoms with E-state index in [4.69, 9.17) is 9.26 Å². The van der Waals surface area contributed by atoms with Crippen molar-refractivity contribution in [2.45, 2.75) is 12.8 Å². The van der Waals surface area contributed by atoms with Crippen LogP contribution >= 0.6 is 0 Å².